The molecule has 2 heterocycles. The third-order valence-corrected chi connectivity index (χ3v) is 6.56. The molecule has 6 nitrogen and oxygen atoms in total. The molecule has 0 unspecified atom stereocenters. The number of rotatable bonds is 3. The van der Waals surface area contributed by atoms with Gasteiger partial charge < -0.3 is 5.32 Å². The minimum absolute atomic E-state index is 0.156. The molecule has 1 aliphatic rings. The van der Waals surface area contributed by atoms with Crippen molar-refractivity contribution in [2.45, 2.75) is 13.3 Å². The number of benzene rings is 2. The van der Waals surface area contributed by atoms with Crippen molar-refractivity contribution in [3.63, 3.8) is 0 Å². The monoisotopic (exact) mass is 381 g/mol. The number of nitrogens with zero attached hydrogens (tertiary/aromatic N) is 2. The van der Waals surface area contributed by atoms with Crippen LogP contribution in [0, 0.1) is 6.92 Å². The summed E-state index contributed by atoms with van der Waals surface area (Å²) in [5, 5.41) is 3.82. The highest BCUT2D eigenvalue weighted by Gasteiger charge is 2.28. The maximum absolute atomic E-state index is 12.7. The first-order chi connectivity index (χ1) is 12.9. The average Bonchev–Trinajstić information content (AvgIpc) is 3.02. The second-order valence-electron chi connectivity index (χ2n) is 6.58. The van der Waals surface area contributed by atoms with Crippen molar-refractivity contribution in [2.24, 2.45) is 0 Å². The zero-order valence-corrected chi connectivity index (χ0v) is 15.7. The number of aromatic nitrogens is 1. The minimum Gasteiger partial charge on any atom is -0.320 e. The molecule has 3 aromatic rings. The fourth-order valence-electron chi connectivity index (χ4n) is 3.21. The van der Waals surface area contributed by atoms with Crippen molar-refractivity contribution in [1.29, 1.82) is 0 Å². The summed E-state index contributed by atoms with van der Waals surface area (Å²) in [6, 6.07) is 16.4. The Morgan fingerprint density at radius 1 is 1.11 bits per heavy atom. The van der Waals surface area contributed by atoms with Gasteiger partial charge in [0.15, 0.2) is 0 Å². The van der Waals surface area contributed by atoms with Gasteiger partial charge in [-0.15, -0.1) is 0 Å². The van der Waals surface area contributed by atoms with Gasteiger partial charge in [-0.3, -0.25) is 9.10 Å². The smallest absolute Gasteiger partial charge is 0.274 e. The summed E-state index contributed by atoms with van der Waals surface area (Å²) in [5.74, 6) is -0.172. The number of para-hydroxylation sites is 1. The molecule has 0 aliphatic carbocycles. The first-order valence-corrected chi connectivity index (χ1v) is 10.3. The number of sulfonamides is 1. The number of amides is 1. The number of hydrogen-bond donors (Lipinski definition) is 1. The predicted octanol–water partition coefficient (Wildman–Crippen LogP) is 3.34. The van der Waals surface area contributed by atoms with Crippen molar-refractivity contribution >= 4 is 38.2 Å². The Labute approximate surface area is 157 Å². The van der Waals surface area contributed by atoms with Crippen LogP contribution in [0.5, 0.6) is 0 Å². The van der Waals surface area contributed by atoms with Crippen LogP contribution >= 0.6 is 0 Å². The van der Waals surface area contributed by atoms with E-state index in [0.29, 0.717) is 30.0 Å². The van der Waals surface area contributed by atoms with Crippen molar-refractivity contribution < 1.29 is 13.2 Å². The Morgan fingerprint density at radius 3 is 2.70 bits per heavy atom. The summed E-state index contributed by atoms with van der Waals surface area (Å²) in [5.41, 5.74) is 3.06. The quantitative estimate of drug-likeness (QED) is 0.755. The lowest BCUT2D eigenvalue weighted by molar-refractivity contribution is 0.102. The van der Waals surface area contributed by atoms with E-state index in [4.69, 9.17) is 0 Å². The Kier molecular flexibility index (Phi) is 4.31. The zero-order chi connectivity index (χ0) is 19.0. The lowest BCUT2D eigenvalue weighted by atomic mass is 10.1. The van der Waals surface area contributed by atoms with Gasteiger partial charge in [-0.2, -0.15) is 0 Å². The van der Waals surface area contributed by atoms with Gasteiger partial charge in [-0.25, -0.2) is 13.4 Å². The molecule has 4 rings (SSSR count). The van der Waals surface area contributed by atoms with Gasteiger partial charge in [-0.1, -0.05) is 30.3 Å². The van der Waals surface area contributed by atoms with E-state index in [-0.39, 0.29) is 11.7 Å². The lowest BCUT2D eigenvalue weighted by Crippen LogP contribution is -2.25. The molecular formula is C20H19N3O3S. The van der Waals surface area contributed by atoms with E-state index < -0.39 is 10.0 Å². The molecule has 0 radical (unpaired) electrons. The number of fused-ring (bicyclic) bond motifs is 1. The van der Waals surface area contributed by atoms with E-state index in [9.17, 15) is 13.2 Å². The predicted molar refractivity (Wildman–Crippen MR) is 107 cm³/mol. The topological polar surface area (TPSA) is 79.4 Å². The molecule has 1 saturated heterocycles. The summed E-state index contributed by atoms with van der Waals surface area (Å²) < 4.78 is 25.7. The van der Waals surface area contributed by atoms with Gasteiger partial charge in [0, 0.05) is 17.6 Å². The Balaban J connectivity index is 1.63. The number of carbonyl (C=O) groups is 1. The van der Waals surface area contributed by atoms with E-state index in [1.165, 1.54) is 4.31 Å². The summed E-state index contributed by atoms with van der Waals surface area (Å²) in [7, 11) is -3.27. The van der Waals surface area contributed by atoms with Gasteiger partial charge in [0.2, 0.25) is 10.0 Å². The fourth-order valence-corrected chi connectivity index (χ4v) is 4.76. The molecule has 0 atom stereocenters. The number of pyridine rings is 1. The van der Waals surface area contributed by atoms with Gasteiger partial charge in [-0.05, 0) is 43.2 Å². The molecule has 1 fully saturated rings. The molecule has 1 aliphatic heterocycles. The van der Waals surface area contributed by atoms with Crippen LogP contribution in [0.1, 0.15) is 22.5 Å². The molecule has 0 spiro atoms. The lowest BCUT2D eigenvalue weighted by Gasteiger charge is -2.19. The van der Waals surface area contributed by atoms with Gasteiger partial charge in [0.05, 0.1) is 17.0 Å². The SMILES string of the molecule is Cc1ccc(N2CCCS2(=O)=O)cc1NC(=O)c1ccc2ccccc2n1. The summed E-state index contributed by atoms with van der Waals surface area (Å²) in [6.07, 6.45) is 0.610. The van der Waals surface area contributed by atoms with Gasteiger partial charge in [0.25, 0.3) is 5.91 Å². The van der Waals surface area contributed by atoms with Gasteiger partial charge >= 0.3 is 0 Å². The summed E-state index contributed by atoms with van der Waals surface area (Å²) >= 11 is 0. The summed E-state index contributed by atoms with van der Waals surface area (Å²) in [4.78, 5) is 17.1. The van der Waals surface area contributed by atoms with E-state index in [1.54, 1.807) is 18.2 Å². The molecule has 1 amide bonds. The van der Waals surface area contributed by atoms with Crippen LogP contribution in [0.25, 0.3) is 10.9 Å². The molecule has 138 valence electrons. The fraction of sp³-hybridized carbons (Fsp3) is 0.200. The third-order valence-electron chi connectivity index (χ3n) is 4.69. The number of carbonyl (C=O) groups excluding carboxylic acids is 1. The normalized spacial score (nSPS) is 15.8. The van der Waals surface area contributed by atoms with Crippen LogP contribution in [0.3, 0.4) is 0 Å². The first-order valence-electron chi connectivity index (χ1n) is 8.72. The number of anilines is 2. The second-order valence-corrected chi connectivity index (χ2v) is 8.60. The molecule has 0 bridgehead atoms. The van der Waals surface area contributed by atoms with E-state index >= 15 is 0 Å². The molecule has 7 heteroatoms. The van der Waals surface area contributed by atoms with Crippen LogP contribution in [-0.2, 0) is 10.0 Å². The van der Waals surface area contributed by atoms with Crippen LogP contribution < -0.4 is 9.62 Å². The minimum atomic E-state index is -3.27. The highest BCUT2D eigenvalue weighted by atomic mass is 32.2. The van der Waals surface area contributed by atoms with Crippen LogP contribution in [0.4, 0.5) is 11.4 Å². The molecular weight excluding hydrogens is 362 g/mol. The number of nitrogens with one attached hydrogen (secondary N) is 1. The van der Waals surface area contributed by atoms with Crippen molar-refractivity contribution in [2.75, 3.05) is 21.9 Å². The third kappa shape index (κ3) is 3.38. The Bertz CT molecular complexity index is 1140. The second kappa shape index (κ2) is 6.66. The van der Waals surface area contributed by atoms with Crippen molar-refractivity contribution in [3.8, 4) is 0 Å². The highest BCUT2D eigenvalue weighted by molar-refractivity contribution is 7.93. The molecule has 1 N–H and O–H groups in total. The molecule has 1 aromatic heterocycles. The average molecular weight is 381 g/mol. The first kappa shape index (κ1) is 17.5. The Hall–Kier alpha value is -2.93. The van der Waals surface area contributed by atoms with Crippen LogP contribution in [0.15, 0.2) is 54.6 Å². The zero-order valence-electron chi connectivity index (χ0n) is 14.8. The van der Waals surface area contributed by atoms with E-state index in [0.717, 1.165) is 16.5 Å². The van der Waals surface area contributed by atoms with E-state index in [2.05, 4.69) is 10.3 Å². The van der Waals surface area contributed by atoms with Crippen LogP contribution in [0.2, 0.25) is 0 Å². The molecule has 2 aromatic carbocycles. The molecule has 0 saturated carbocycles. The number of hydrogen-bond acceptors (Lipinski definition) is 4. The van der Waals surface area contributed by atoms with E-state index in [1.807, 2.05) is 43.3 Å². The number of aryl methyl sites for hydroxylation is 1. The van der Waals surface area contributed by atoms with Crippen molar-refractivity contribution in [3.05, 3.63) is 65.9 Å². The van der Waals surface area contributed by atoms with Gasteiger partial charge in [0.1, 0.15) is 5.69 Å². The maximum atomic E-state index is 12.7. The standard InChI is InChI=1S/C20H19N3O3S/c1-14-7-9-16(23-11-4-12-27(23,25)26)13-19(14)22-20(24)18-10-8-15-5-2-3-6-17(15)21-18/h2-3,5-10,13H,4,11-12H2,1H3,(H,22,24). The van der Waals surface area contributed by atoms with Crippen LogP contribution in [-0.4, -0.2) is 31.6 Å². The molecule has 27 heavy (non-hydrogen) atoms. The van der Waals surface area contributed by atoms with Crippen molar-refractivity contribution in [1.82, 2.24) is 4.98 Å². The highest BCUT2D eigenvalue weighted by Crippen LogP contribution is 2.28. The maximum Gasteiger partial charge on any atom is 0.274 e. The largest absolute Gasteiger partial charge is 0.320 e. The Morgan fingerprint density at radius 2 is 1.93 bits per heavy atom. The summed E-state index contributed by atoms with van der Waals surface area (Å²) in [6.45, 7) is 2.33.